The summed E-state index contributed by atoms with van der Waals surface area (Å²) in [6, 6.07) is 5.70. The number of carbonyl (C=O) groups is 2. The average Bonchev–Trinajstić information content (AvgIpc) is 2.37. The van der Waals surface area contributed by atoms with Gasteiger partial charge in [-0.3, -0.25) is 9.59 Å². The second kappa shape index (κ2) is 7.53. The van der Waals surface area contributed by atoms with Gasteiger partial charge in [-0.15, -0.1) is 0 Å². The number of anilines is 1. The highest BCUT2D eigenvalue weighted by Gasteiger charge is 2.12. The van der Waals surface area contributed by atoms with Gasteiger partial charge in [0.2, 0.25) is 5.91 Å². The molecule has 5 nitrogen and oxygen atoms in total. The minimum absolute atomic E-state index is 0.0173. The summed E-state index contributed by atoms with van der Waals surface area (Å²) >= 11 is 0. The van der Waals surface area contributed by atoms with E-state index in [1.165, 1.54) is 0 Å². The van der Waals surface area contributed by atoms with E-state index >= 15 is 0 Å². The van der Waals surface area contributed by atoms with Crippen LogP contribution in [0.1, 0.15) is 36.7 Å². The molecular formula is C15H23N3O2. The van der Waals surface area contributed by atoms with Crippen molar-refractivity contribution in [3.8, 4) is 0 Å². The van der Waals surface area contributed by atoms with Gasteiger partial charge in [0.05, 0.1) is 12.1 Å². The van der Waals surface area contributed by atoms with Crippen LogP contribution in [0.4, 0.5) is 5.69 Å². The summed E-state index contributed by atoms with van der Waals surface area (Å²) in [6.45, 7) is 8.37. The first kappa shape index (κ1) is 16.0. The maximum absolute atomic E-state index is 12.2. The molecule has 0 aromatic heterocycles. The van der Waals surface area contributed by atoms with E-state index < -0.39 is 0 Å². The Bertz CT molecular complexity index is 484. The number of amides is 2. The third-order valence-corrected chi connectivity index (χ3v) is 2.65. The maximum atomic E-state index is 12.2. The van der Waals surface area contributed by atoms with Crippen LogP contribution < -0.4 is 16.0 Å². The van der Waals surface area contributed by atoms with Crippen molar-refractivity contribution in [2.45, 2.75) is 33.7 Å². The van der Waals surface area contributed by atoms with Crippen molar-refractivity contribution >= 4 is 17.5 Å². The van der Waals surface area contributed by atoms with E-state index in [0.29, 0.717) is 5.56 Å². The Morgan fingerprint density at radius 3 is 2.55 bits per heavy atom. The van der Waals surface area contributed by atoms with Gasteiger partial charge >= 0.3 is 0 Å². The highest BCUT2D eigenvalue weighted by molar-refractivity contribution is 6.01. The van der Waals surface area contributed by atoms with Crippen LogP contribution in [0.25, 0.3) is 0 Å². The molecule has 20 heavy (non-hydrogen) atoms. The molecule has 0 radical (unpaired) electrons. The number of benzene rings is 1. The van der Waals surface area contributed by atoms with Gasteiger partial charge in [-0.05, 0) is 39.8 Å². The third-order valence-electron chi connectivity index (χ3n) is 2.65. The van der Waals surface area contributed by atoms with Crippen molar-refractivity contribution in [1.29, 1.82) is 0 Å². The lowest BCUT2D eigenvalue weighted by Crippen LogP contribution is -2.40. The van der Waals surface area contributed by atoms with Gasteiger partial charge in [0.1, 0.15) is 0 Å². The zero-order chi connectivity index (χ0) is 15.1. The van der Waals surface area contributed by atoms with E-state index in [2.05, 4.69) is 16.0 Å². The van der Waals surface area contributed by atoms with Crippen molar-refractivity contribution < 1.29 is 9.59 Å². The van der Waals surface area contributed by atoms with Crippen LogP contribution >= 0.6 is 0 Å². The molecular weight excluding hydrogens is 254 g/mol. The number of hydrogen-bond acceptors (Lipinski definition) is 3. The molecule has 3 N–H and O–H groups in total. The summed E-state index contributed by atoms with van der Waals surface area (Å²) in [5.41, 5.74) is 2.34. The minimum atomic E-state index is -0.247. The van der Waals surface area contributed by atoms with Crippen molar-refractivity contribution in [3.63, 3.8) is 0 Å². The van der Waals surface area contributed by atoms with E-state index in [1.54, 1.807) is 0 Å². The predicted octanol–water partition coefficient (Wildman–Crippen LogP) is 1.68. The molecule has 0 atom stereocenters. The molecule has 2 amide bonds. The Kier molecular flexibility index (Phi) is 6.03. The van der Waals surface area contributed by atoms with Gasteiger partial charge in [0.25, 0.3) is 5.91 Å². The van der Waals surface area contributed by atoms with Gasteiger partial charge in [-0.25, -0.2) is 0 Å². The Labute approximate surface area is 120 Å². The molecule has 0 heterocycles. The topological polar surface area (TPSA) is 70.2 Å². The van der Waals surface area contributed by atoms with Crippen molar-refractivity contribution in [2.24, 2.45) is 0 Å². The number of carbonyl (C=O) groups excluding carboxylic acids is 2. The van der Waals surface area contributed by atoms with E-state index in [-0.39, 0.29) is 24.4 Å². The number of aryl methyl sites for hydroxylation is 1. The van der Waals surface area contributed by atoms with Crippen molar-refractivity contribution in [2.75, 3.05) is 18.4 Å². The van der Waals surface area contributed by atoms with Crippen LogP contribution in [-0.4, -0.2) is 30.9 Å². The molecule has 1 aromatic carbocycles. The minimum Gasteiger partial charge on any atom is -0.385 e. The van der Waals surface area contributed by atoms with Crippen molar-refractivity contribution in [3.05, 3.63) is 29.3 Å². The smallest absolute Gasteiger partial charge is 0.253 e. The lowest BCUT2D eigenvalue weighted by Gasteiger charge is -2.13. The molecule has 0 aliphatic carbocycles. The van der Waals surface area contributed by atoms with Crippen LogP contribution in [0.15, 0.2) is 18.2 Å². The lowest BCUT2D eigenvalue weighted by molar-refractivity contribution is -0.120. The Morgan fingerprint density at radius 1 is 1.25 bits per heavy atom. The summed E-state index contributed by atoms with van der Waals surface area (Å²) in [4.78, 5) is 23.7. The normalized spacial score (nSPS) is 10.2. The fourth-order valence-corrected chi connectivity index (χ4v) is 1.82. The fourth-order valence-electron chi connectivity index (χ4n) is 1.82. The van der Waals surface area contributed by atoms with Crippen LogP contribution in [0, 0.1) is 6.92 Å². The predicted molar refractivity (Wildman–Crippen MR) is 81.0 cm³/mol. The molecule has 5 heteroatoms. The first-order chi connectivity index (χ1) is 9.43. The molecule has 0 aliphatic rings. The zero-order valence-corrected chi connectivity index (χ0v) is 12.5. The van der Waals surface area contributed by atoms with Crippen LogP contribution in [-0.2, 0) is 4.79 Å². The molecule has 1 rings (SSSR count). The van der Waals surface area contributed by atoms with E-state index in [4.69, 9.17) is 0 Å². The monoisotopic (exact) mass is 277 g/mol. The highest BCUT2D eigenvalue weighted by Crippen LogP contribution is 2.17. The first-order valence-electron chi connectivity index (χ1n) is 6.86. The second-order valence-electron chi connectivity index (χ2n) is 4.98. The molecule has 0 saturated heterocycles. The molecule has 0 saturated carbocycles. The SMILES string of the molecule is CCNc1ccc(C)cc1C(=O)NCC(=O)NC(C)C. The number of rotatable bonds is 6. The average molecular weight is 277 g/mol. The van der Waals surface area contributed by atoms with E-state index in [9.17, 15) is 9.59 Å². The van der Waals surface area contributed by atoms with Crippen LogP contribution in [0.3, 0.4) is 0 Å². The number of hydrogen-bond donors (Lipinski definition) is 3. The van der Waals surface area contributed by atoms with Gasteiger partial charge in [0.15, 0.2) is 0 Å². The summed E-state index contributed by atoms with van der Waals surface area (Å²) in [6.07, 6.45) is 0. The van der Waals surface area contributed by atoms with Gasteiger partial charge in [0, 0.05) is 18.3 Å². The highest BCUT2D eigenvalue weighted by atomic mass is 16.2. The molecule has 0 fully saturated rings. The first-order valence-corrected chi connectivity index (χ1v) is 6.86. The Morgan fingerprint density at radius 2 is 1.95 bits per heavy atom. The molecule has 110 valence electrons. The molecule has 0 bridgehead atoms. The Balaban J connectivity index is 2.71. The van der Waals surface area contributed by atoms with E-state index in [1.807, 2.05) is 45.9 Å². The summed E-state index contributed by atoms with van der Waals surface area (Å²) in [7, 11) is 0. The molecule has 0 unspecified atom stereocenters. The lowest BCUT2D eigenvalue weighted by atomic mass is 10.1. The second-order valence-corrected chi connectivity index (χ2v) is 4.98. The summed E-state index contributed by atoms with van der Waals surface area (Å²) < 4.78 is 0. The molecule has 0 aliphatic heterocycles. The zero-order valence-electron chi connectivity index (χ0n) is 12.5. The van der Waals surface area contributed by atoms with Crippen LogP contribution in [0.5, 0.6) is 0 Å². The van der Waals surface area contributed by atoms with Gasteiger partial charge in [-0.2, -0.15) is 0 Å². The summed E-state index contributed by atoms with van der Waals surface area (Å²) in [5.74, 6) is -0.436. The van der Waals surface area contributed by atoms with Crippen molar-refractivity contribution in [1.82, 2.24) is 10.6 Å². The fraction of sp³-hybridized carbons (Fsp3) is 0.467. The summed E-state index contributed by atoms with van der Waals surface area (Å²) in [5, 5.41) is 8.51. The third kappa shape index (κ3) is 4.91. The largest absolute Gasteiger partial charge is 0.385 e. The van der Waals surface area contributed by atoms with Gasteiger partial charge < -0.3 is 16.0 Å². The van der Waals surface area contributed by atoms with E-state index in [0.717, 1.165) is 17.8 Å². The number of nitrogens with one attached hydrogen (secondary N) is 3. The van der Waals surface area contributed by atoms with Crippen LogP contribution in [0.2, 0.25) is 0 Å². The molecule has 1 aromatic rings. The molecule has 0 spiro atoms. The van der Waals surface area contributed by atoms with Gasteiger partial charge in [-0.1, -0.05) is 11.6 Å². The maximum Gasteiger partial charge on any atom is 0.253 e. The Hall–Kier alpha value is -2.04. The standard InChI is InChI=1S/C15H23N3O2/c1-5-16-13-7-6-11(4)8-12(13)15(20)17-9-14(19)18-10(2)3/h6-8,10,16H,5,9H2,1-4H3,(H,17,20)(H,18,19). The quantitative estimate of drug-likeness (QED) is 0.741.